The number of ether oxygens (including phenoxy) is 2. The van der Waals surface area contributed by atoms with Crippen LogP contribution in [0.2, 0.25) is 0 Å². The summed E-state index contributed by atoms with van der Waals surface area (Å²) in [4.78, 5) is 19.5. The number of likely N-dealkylation sites (N-methyl/N-ethyl adjacent to an activating group) is 1. The Morgan fingerprint density at radius 3 is 2.47 bits per heavy atom. The first-order valence-corrected chi connectivity index (χ1v) is 10.4. The van der Waals surface area contributed by atoms with Gasteiger partial charge in [-0.2, -0.15) is 10.5 Å². The zero-order valence-corrected chi connectivity index (χ0v) is 17.6. The third-order valence-corrected chi connectivity index (χ3v) is 6.45. The van der Waals surface area contributed by atoms with Crippen LogP contribution >= 0.6 is 0 Å². The van der Waals surface area contributed by atoms with E-state index in [1.807, 2.05) is 18.2 Å². The van der Waals surface area contributed by atoms with Crippen molar-refractivity contribution in [3.05, 3.63) is 53.1 Å². The van der Waals surface area contributed by atoms with E-state index in [4.69, 9.17) is 15.2 Å². The molecule has 8 heteroatoms. The van der Waals surface area contributed by atoms with E-state index in [0.29, 0.717) is 47.6 Å². The van der Waals surface area contributed by atoms with Crippen molar-refractivity contribution in [1.82, 2.24) is 4.90 Å². The van der Waals surface area contributed by atoms with Crippen molar-refractivity contribution in [3.63, 3.8) is 0 Å². The van der Waals surface area contributed by atoms with Gasteiger partial charge in [-0.05, 0) is 54.3 Å². The molecule has 0 aliphatic carbocycles. The van der Waals surface area contributed by atoms with Gasteiger partial charge < -0.3 is 15.2 Å². The molecular formula is C24H21N5O3. The number of nitrogens with zero attached hydrogens (tertiary/aromatic N) is 4. The number of fused-ring (bicyclic) bond motifs is 2. The normalized spacial score (nSPS) is 26.3. The quantitative estimate of drug-likeness (QED) is 0.745. The molecule has 3 heterocycles. The smallest absolute Gasteiger partial charge is 0.261 e. The molecule has 3 aliphatic heterocycles. The van der Waals surface area contributed by atoms with Crippen LogP contribution in [0.5, 0.6) is 5.75 Å². The molecule has 0 saturated carbocycles. The number of hydrogen-bond donors (Lipinski definition) is 1. The second-order valence-corrected chi connectivity index (χ2v) is 8.55. The predicted octanol–water partition coefficient (Wildman–Crippen LogP) is 2.41. The van der Waals surface area contributed by atoms with E-state index in [9.17, 15) is 15.3 Å². The summed E-state index contributed by atoms with van der Waals surface area (Å²) < 4.78 is 12.2. The van der Waals surface area contributed by atoms with E-state index in [1.165, 1.54) is 4.90 Å². The number of benzene rings is 2. The van der Waals surface area contributed by atoms with Gasteiger partial charge in [-0.25, -0.2) is 4.99 Å². The number of carbonyl (C=O) groups is 1. The highest BCUT2D eigenvalue weighted by Gasteiger charge is 2.58. The van der Waals surface area contributed by atoms with Crippen LogP contribution in [-0.2, 0) is 15.1 Å². The van der Waals surface area contributed by atoms with Gasteiger partial charge in [0.15, 0.2) is 11.5 Å². The van der Waals surface area contributed by atoms with Gasteiger partial charge in [0.25, 0.3) is 5.91 Å². The van der Waals surface area contributed by atoms with E-state index in [1.54, 1.807) is 25.2 Å². The molecule has 1 fully saturated rings. The Morgan fingerprint density at radius 2 is 1.88 bits per heavy atom. The Kier molecular flexibility index (Phi) is 4.44. The largest absolute Gasteiger partial charge is 0.484 e. The predicted molar refractivity (Wildman–Crippen MR) is 115 cm³/mol. The third kappa shape index (κ3) is 2.92. The first kappa shape index (κ1) is 20.0. The Morgan fingerprint density at radius 1 is 1.12 bits per heavy atom. The highest BCUT2D eigenvalue weighted by molar-refractivity contribution is 6.07. The molecule has 0 aromatic heterocycles. The summed E-state index contributed by atoms with van der Waals surface area (Å²) in [6, 6.07) is 14.7. The molecule has 0 unspecified atom stereocenters. The molecule has 32 heavy (non-hydrogen) atoms. The number of guanidine groups is 1. The Balaban J connectivity index is 1.69. The monoisotopic (exact) mass is 427 g/mol. The number of hydrogen-bond acceptors (Lipinski definition) is 7. The molecule has 3 aliphatic rings. The van der Waals surface area contributed by atoms with E-state index in [0.717, 1.165) is 18.4 Å². The summed E-state index contributed by atoms with van der Waals surface area (Å²) in [5.74, 6) is 0.533. The summed E-state index contributed by atoms with van der Waals surface area (Å²) in [5.41, 5.74) is 7.11. The Hall–Kier alpha value is -3.88. The van der Waals surface area contributed by atoms with Crippen LogP contribution in [0.1, 0.15) is 36.0 Å². The fourth-order valence-electron chi connectivity index (χ4n) is 4.91. The molecule has 8 nitrogen and oxygen atoms in total. The lowest BCUT2D eigenvalue weighted by Crippen LogP contribution is -2.55. The summed E-state index contributed by atoms with van der Waals surface area (Å²) in [7, 11) is 1.62. The van der Waals surface area contributed by atoms with Crippen molar-refractivity contribution in [2.75, 3.05) is 20.3 Å². The average molecular weight is 427 g/mol. The van der Waals surface area contributed by atoms with Gasteiger partial charge in [-0.3, -0.25) is 9.69 Å². The molecule has 160 valence electrons. The van der Waals surface area contributed by atoms with E-state index in [-0.39, 0.29) is 11.9 Å². The van der Waals surface area contributed by atoms with Crippen LogP contribution in [0.15, 0.2) is 41.4 Å². The van der Waals surface area contributed by atoms with Gasteiger partial charge >= 0.3 is 0 Å². The zero-order chi connectivity index (χ0) is 22.5. The first-order chi connectivity index (χ1) is 15.4. The molecule has 5 rings (SSSR count). The van der Waals surface area contributed by atoms with E-state index in [2.05, 4.69) is 17.1 Å². The maximum Gasteiger partial charge on any atom is 0.261 e. The van der Waals surface area contributed by atoms with Crippen LogP contribution in [0.3, 0.4) is 0 Å². The highest BCUT2D eigenvalue weighted by atomic mass is 16.5. The van der Waals surface area contributed by atoms with Gasteiger partial charge in [-0.1, -0.05) is 6.07 Å². The first-order valence-electron chi connectivity index (χ1n) is 10.4. The number of aliphatic imine (C=N–C) groups is 1. The van der Waals surface area contributed by atoms with Crippen LogP contribution < -0.4 is 10.5 Å². The maximum absolute atomic E-state index is 13.5. The van der Waals surface area contributed by atoms with Gasteiger partial charge in [0, 0.05) is 25.6 Å². The molecule has 0 bridgehead atoms. The SMILES string of the molecule is CN1C(=O)[C@@]2(C[C@]3(CCCOC3)Oc3ccc(-c4cc(C#N)cc(C#N)c4)cc32)N=C1N. The summed E-state index contributed by atoms with van der Waals surface area (Å²) in [5, 5.41) is 18.7. The van der Waals surface area contributed by atoms with Gasteiger partial charge in [0.1, 0.15) is 11.4 Å². The van der Waals surface area contributed by atoms with Crippen LogP contribution in [0.25, 0.3) is 11.1 Å². The van der Waals surface area contributed by atoms with Crippen molar-refractivity contribution in [1.29, 1.82) is 10.5 Å². The minimum Gasteiger partial charge on any atom is -0.484 e. The maximum atomic E-state index is 13.5. The lowest BCUT2D eigenvalue weighted by molar-refractivity contribution is -0.139. The molecule has 2 spiro atoms. The standard InChI is InChI=1S/C24H21N5O3/c1-29-21(30)24(28-22(29)27)13-23(5-2-6-31-14-23)32-20-4-3-17(10-19(20)24)18-8-15(11-25)7-16(9-18)12-26/h3-4,7-10H,2,5-6,13-14H2,1H3,(H2,27,28)/t23-,24-/m0/s1. The molecular weight excluding hydrogens is 406 g/mol. The number of carbonyl (C=O) groups excluding carboxylic acids is 1. The zero-order valence-electron chi connectivity index (χ0n) is 17.6. The minimum absolute atomic E-state index is 0.165. The van der Waals surface area contributed by atoms with Crippen molar-refractivity contribution < 1.29 is 14.3 Å². The van der Waals surface area contributed by atoms with Gasteiger partial charge in [0.2, 0.25) is 0 Å². The minimum atomic E-state index is -1.20. The topological polar surface area (TPSA) is 125 Å². The molecule has 0 radical (unpaired) electrons. The second kappa shape index (κ2) is 7.08. The third-order valence-electron chi connectivity index (χ3n) is 6.45. The lowest BCUT2D eigenvalue weighted by atomic mass is 9.74. The Labute approximate surface area is 185 Å². The van der Waals surface area contributed by atoms with Crippen molar-refractivity contribution in [2.24, 2.45) is 10.7 Å². The molecule has 2 atom stereocenters. The van der Waals surface area contributed by atoms with Gasteiger partial charge in [0.05, 0.1) is 29.9 Å². The average Bonchev–Trinajstić information content (AvgIpc) is 3.02. The highest BCUT2D eigenvalue weighted by Crippen LogP contribution is 2.51. The fraction of sp³-hybridized carbons (Fsp3) is 0.333. The molecule has 1 amide bonds. The van der Waals surface area contributed by atoms with Gasteiger partial charge in [-0.15, -0.1) is 0 Å². The number of nitriles is 2. The van der Waals surface area contributed by atoms with Crippen LogP contribution in [0, 0.1) is 22.7 Å². The summed E-state index contributed by atoms with van der Waals surface area (Å²) >= 11 is 0. The fourth-order valence-corrected chi connectivity index (χ4v) is 4.91. The van der Waals surface area contributed by atoms with Crippen LogP contribution in [-0.4, -0.2) is 42.6 Å². The summed E-state index contributed by atoms with van der Waals surface area (Å²) in [6.07, 6.45) is 1.94. The molecule has 1 saturated heterocycles. The number of amides is 1. The molecule has 2 N–H and O–H groups in total. The number of nitrogens with two attached hydrogens (primary N) is 1. The molecule has 2 aromatic carbocycles. The van der Waals surface area contributed by atoms with E-state index < -0.39 is 11.1 Å². The van der Waals surface area contributed by atoms with Crippen molar-refractivity contribution in [3.8, 4) is 29.0 Å². The lowest BCUT2D eigenvalue weighted by Gasteiger charge is -2.46. The van der Waals surface area contributed by atoms with Crippen LogP contribution in [0.4, 0.5) is 0 Å². The van der Waals surface area contributed by atoms with Crippen molar-refractivity contribution >= 4 is 11.9 Å². The Bertz CT molecular complexity index is 1220. The van der Waals surface area contributed by atoms with Crippen molar-refractivity contribution in [2.45, 2.75) is 30.4 Å². The summed E-state index contributed by atoms with van der Waals surface area (Å²) in [6.45, 7) is 1.05. The number of rotatable bonds is 1. The van der Waals surface area contributed by atoms with E-state index >= 15 is 0 Å². The second-order valence-electron chi connectivity index (χ2n) is 8.55. The molecule has 2 aromatic rings.